The molecule has 0 saturated carbocycles. The molecule has 0 bridgehead atoms. The Morgan fingerprint density at radius 2 is 1.33 bits per heavy atom. The van der Waals surface area contributed by atoms with Gasteiger partial charge >= 0.3 is 36.2 Å². The summed E-state index contributed by atoms with van der Waals surface area (Å²) in [5, 5.41) is 17.0. The smallest absolute Gasteiger partial charge is 0.410 e. The summed E-state index contributed by atoms with van der Waals surface area (Å²) in [7, 11) is 7.62. The fraction of sp³-hybridized carbons (Fsp3) is 0.698. The van der Waals surface area contributed by atoms with Gasteiger partial charge in [0.1, 0.15) is 24.1 Å². The highest BCUT2D eigenvalue weighted by Crippen LogP contribution is 2.33. The zero-order chi connectivity index (χ0) is 48.0. The van der Waals surface area contributed by atoms with Gasteiger partial charge in [-0.1, -0.05) is 38.2 Å². The third-order valence-corrected chi connectivity index (χ3v) is 9.55. The Hall–Kier alpha value is -5.41. The lowest BCUT2D eigenvalue weighted by atomic mass is 9.98. The first kappa shape index (κ1) is 54.7. The maximum Gasteiger partial charge on any atom is 0.410 e. The molecular formula is C43H69N5O16. The minimum atomic E-state index is -1.81. The molecule has 1 heterocycles. The number of nitrogens with one attached hydrogen (secondary N) is 2. The highest BCUT2D eigenvalue weighted by molar-refractivity contribution is 5.92. The SMILES string of the molecule is CNCCN(C)C(=O)OCCCCCCCCCC(=O)Nc1cc(COC(=O)N(C)CCN(C)C(=O)OC(C)(C)C)ccc1O[C@@H]1O[C@H](C(=O)OC)[C@@H](OC(C)=O)[C@H](O)[C@H]1OC(C)=O. The number of nitrogens with zero attached hydrogens (tertiary/aromatic N) is 3. The highest BCUT2D eigenvalue weighted by atomic mass is 16.7. The standard InChI is InChI=1S/C43H69N5O16/c1-28(49)60-35-34(52)36(61-29(2)50)39(63-37(35)38(53)57-10)62-32-20-19-30(27-59-41(55)47(8)23-24-48(9)42(56)64-43(3,4)5)26-31(32)45-33(51)18-16-14-12-11-13-15-17-25-58-40(54)46(7)22-21-44-6/h19-20,26,34-37,39,44,52H,11-18,21-25,27H2,1-10H3,(H,45,51)/t34-,35-,36+,37-,39+/m0/s1. The lowest BCUT2D eigenvalue weighted by molar-refractivity contribution is -0.279. The Balaban J connectivity index is 2.16. The van der Waals surface area contributed by atoms with Crippen molar-refractivity contribution >= 4 is 47.8 Å². The molecule has 0 unspecified atom stereocenters. The van der Waals surface area contributed by atoms with E-state index in [1.165, 1.54) is 39.9 Å². The van der Waals surface area contributed by atoms with E-state index >= 15 is 0 Å². The quantitative estimate of drug-likeness (QED) is 0.0754. The molecule has 0 radical (unpaired) electrons. The van der Waals surface area contributed by atoms with Crippen LogP contribution in [0.25, 0.3) is 0 Å². The first-order valence-corrected chi connectivity index (χ1v) is 21.4. The Morgan fingerprint density at radius 1 is 0.766 bits per heavy atom. The number of rotatable bonds is 24. The van der Waals surface area contributed by atoms with Crippen molar-refractivity contribution < 1.29 is 76.6 Å². The Kier molecular flexibility index (Phi) is 23.7. The molecule has 1 aliphatic rings. The van der Waals surface area contributed by atoms with Crippen molar-refractivity contribution in [2.45, 2.75) is 129 Å². The van der Waals surface area contributed by atoms with Crippen LogP contribution in [0.2, 0.25) is 0 Å². The van der Waals surface area contributed by atoms with Gasteiger partial charge in [-0.15, -0.1) is 0 Å². The zero-order valence-corrected chi connectivity index (χ0v) is 38.9. The van der Waals surface area contributed by atoms with E-state index in [0.717, 1.165) is 59.5 Å². The second-order valence-electron chi connectivity index (χ2n) is 16.3. The topological polar surface area (TPSA) is 247 Å². The molecule has 21 heteroatoms. The molecule has 1 aromatic rings. The van der Waals surface area contributed by atoms with E-state index in [1.807, 2.05) is 7.05 Å². The second kappa shape index (κ2) is 27.7. The van der Waals surface area contributed by atoms with Crippen molar-refractivity contribution in [2.24, 2.45) is 0 Å². The number of esters is 3. The van der Waals surface area contributed by atoms with Crippen molar-refractivity contribution in [1.82, 2.24) is 20.0 Å². The summed E-state index contributed by atoms with van der Waals surface area (Å²) in [4.78, 5) is 91.5. The summed E-state index contributed by atoms with van der Waals surface area (Å²) in [6.07, 6.45) is -4.14. The van der Waals surface area contributed by atoms with Crippen LogP contribution >= 0.6 is 0 Å². The van der Waals surface area contributed by atoms with Gasteiger partial charge in [-0.3, -0.25) is 14.4 Å². The van der Waals surface area contributed by atoms with Crippen molar-refractivity contribution in [3.05, 3.63) is 23.8 Å². The number of aliphatic hydroxyl groups is 1. The van der Waals surface area contributed by atoms with Crippen LogP contribution in [-0.2, 0) is 58.9 Å². The van der Waals surface area contributed by atoms with E-state index in [1.54, 1.807) is 34.9 Å². The van der Waals surface area contributed by atoms with Gasteiger partial charge in [-0.25, -0.2) is 19.2 Å². The highest BCUT2D eigenvalue weighted by Gasteiger charge is 2.53. The van der Waals surface area contributed by atoms with Crippen LogP contribution in [0.3, 0.4) is 0 Å². The number of likely N-dealkylation sites (N-methyl/N-ethyl adjacent to an activating group) is 4. The predicted octanol–water partition coefficient (Wildman–Crippen LogP) is 3.97. The molecule has 3 N–H and O–H groups in total. The van der Waals surface area contributed by atoms with Gasteiger partial charge < -0.3 is 68.3 Å². The summed E-state index contributed by atoms with van der Waals surface area (Å²) >= 11 is 0. The number of amides is 4. The Morgan fingerprint density at radius 3 is 1.92 bits per heavy atom. The normalized spacial score (nSPS) is 18.1. The summed E-state index contributed by atoms with van der Waals surface area (Å²) < 4.78 is 43.4. The fourth-order valence-electron chi connectivity index (χ4n) is 6.06. The van der Waals surface area contributed by atoms with Crippen molar-refractivity contribution in [2.75, 3.05) is 73.4 Å². The minimum Gasteiger partial charge on any atom is -0.467 e. The van der Waals surface area contributed by atoms with E-state index in [-0.39, 0.29) is 49.6 Å². The van der Waals surface area contributed by atoms with Gasteiger partial charge in [0, 0.05) is 67.6 Å². The average molecular weight is 912 g/mol. The summed E-state index contributed by atoms with van der Waals surface area (Å²) in [5.41, 5.74) is -0.166. The molecule has 4 amide bonds. The molecular weight excluding hydrogens is 842 g/mol. The van der Waals surface area contributed by atoms with Crippen LogP contribution < -0.4 is 15.4 Å². The molecule has 1 saturated heterocycles. The fourth-order valence-corrected chi connectivity index (χ4v) is 6.06. The van der Waals surface area contributed by atoms with E-state index in [9.17, 15) is 38.7 Å². The maximum absolute atomic E-state index is 13.3. The minimum absolute atomic E-state index is 0.0371. The number of anilines is 1. The third kappa shape index (κ3) is 20.0. The number of ether oxygens (including phenoxy) is 8. The van der Waals surface area contributed by atoms with Crippen LogP contribution in [-0.4, -0.2) is 166 Å². The molecule has 21 nitrogen and oxygen atoms in total. The first-order valence-electron chi connectivity index (χ1n) is 21.4. The van der Waals surface area contributed by atoms with Crippen LogP contribution in [0.15, 0.2) is 18.2 Å². The lowest BCUT2D eigenvalue weighted by Crippen LogP contribution is -2.63. The van der Waals surface area contributed by atoms with Crippen LogP contribution in [0.4, 0.5) is 20.1 Å². The van der Waals surface area contributed by atoms with Crippen LogP contribution in [0, 0.1) is 0 Å². The van der Waals surface area contributed by atoms with Crippen molar-refractivity contribution in [1.29, 1.82) is 0 Å². The molecule has 1 fully saturated rings. The molecule has 64 heavy (non-hydrogen) atoms. The van der Waals surface area contributed by atoms with Gasteiger partial charge in [0.15, 0.2) is 18.3 Å². The number of carbonyl (C=O) groups is 7. The van der Waals surface area contributed by atoms with Crippen molar-refractivity contribution in [3.8, 4) is 5.75 Å². The zero-order valence-electron chi connectivity index (χ0n) is 38.9. The number of unbranched alkanes of at least 4 members (excludes halogenated alkanes) is 6. The maximum atomic E-state index is 13.3. The Bertz CT molecular complexity index is 1690. The van der Waals surface area contributed by atoms with Gasteiger partial charge in [0.05, 0.1) is 19.4 Å². The van der Waals surface area contributed by atoms with Crippen LogP contribution in [0.1, 0.15) is 91.5 Å². The van der Waals surface area contributed by atoms with Gasteiger partial charge in [-0.2, -0.15) is 0 Å². The first-order chi connectivity index (χ1) is 30.2. The molecule has 5 atom stereocenters. The van der Waals surface area contributed by atoms with E-state index in [2.05, 4.69) is 10.6 Å². The van der Waals surface area contributed by atoms with E-state index < -0.39 is 66.4 Å². The number of aliphatic hydroxyl groups excluding tert-OH is 1. The largest absolute Gasteiger partial charge is 0.467 e. The average Bonchev–Trinajstić information content (AvgIpc) is 3.22. The van der Waals surface area contributed by atoms with Gasteiger partial charge in [0.2, 0.25) is 12.2 Å². The summed E-state index contributed by atoms with van der Waals surface area (Å²) in [5.74, 6) is -3.14. The molecule has 0 aromatic heterocycles. The molecule has 1 aliphatic heterocycles. The number of carbonyl (C=O) groups excluding carboxylic acids is 7. The second-order valence-corrected chi connectivity index (χ2v) is 16.3. The Labute approximate surface area is 375 Å². The molecule has 1 aromatic carbocycles. The van der Waals surface area contributed by atoms with E-state index in [4.69, 9.17) is 37.9 Å². The molecule has 0 aliphatic carbocycles. The number of methoxy groups -OCH3 is 1. The number of hydrogen-bond donors (Lipinski definition) is 3. The van der Waals surface area contributed by atoms with Crippen LogP contribution in [0.5, 0.6) is 5.75 Å². The van der Waals surface area contributed by atoms with Gasteiger partial charge in [-0.05, 0) is 58.4 Å². The number of benzene rings is 1. The lowest BCUT2D eigenvalue weighted by Gasteiger charge is -2.41. The van der Waals surface area contributed by atoms with E-state index in [0.29, 0.717) is 31.7 Å². The van der Waals surface area contributed by atoms with Gasteiger partial charge in [0.25, 0.3) is 0 Å². The van der Waals surface area contributed by atoms with Crippen molar-refractivity contribution in [3.63, 3.8) is 0 Å². The summed E-state index contributed by atoms with van der Waals surface area (Å²) in [6.45, 7) is 9.02. The molecule has 0 spiro atoms. The predicted molar refractivity (Wildman–Crippen MR) is 230 cm³/mol. The molecule has 2 rings (SSSR count). The summed E-state index contributed by atoms with van der Waals surface area (Å²) in [6, 6.07) is 4.45. The number of hydrogen-bond acceptors (Lipinski definition) is 17. The third-order valence-electron chi connectivity index (χ3n) is 9.55. The molecule has 362 valence electrons. The monoisotopic (exact) mass is 911 g/mol.